The number of amides is 1. The smallest absolute Gasteiger partial charge is 0.237 e. The second kappa shape index (κ2) is 5.80. The molecule has 0 radical (unpaired) electrons. The monoisotopic (exact) mass is 316 g/mol. The van der Waals surface area contributed by atoms with Crippen molar-refractivity contribution in [3.63, 3.8) is 0 Å². The van der Waals surface area contributed by atoms with Crippen LogP contribution in [-0.4, -0.2) is 17.5 Å². The van der Waals surface area contributed by atoms with Crippen LogP contribution in [0.5, 0.6) is 0 Å². The van der Waals surface area contributed by atoms with Crippen LogP contribution >= 0.6 is 15.9 Å². The van der Waals surface area contributed by atoms with E-state index in [1.807, 2.05) is 20.8 Å². The maximum Gasteiger partial charge on any atom is 0.237 e. The molecule has 0 unspecified atom stereocenters. The molecule has 1 aromatic carbocycles. The highest BCUT2D eigenvalue weighted by Crippen LogP contribution is 2.16. The molecule has 0 saturated carbocycles. The van der Waals surface area contributed by atoms with Gasteiger partial charge in [0.2, 0.25) is 5.91 Å². The molecule has 100 valence electrons. The average Bonchev–Trinajstić information content (AvgIpc) is 2.19. The van der Waals surface area contributed by atoms with Crippen molar-refractivity contribution in [2.24, 2.45) is 5.73 Å². The molecule has 0 aliphatic rings. The van der Waals surface area contributed by atoms with Gasteiger partial charge in [0.1, 0.15) is 5.82 Å². The molecule has 1 amide bonds. The Morgan fingerprint density at radius 1 is 1.50 bits per heavy atom. The first-order valence-corrected chi connectivity index (χ1v) is 6.50. The van der Waals surface area contributed by atoms with E-state index in [1.165, 1.54) is 6.07 Å². The Bertz CT molecular complexity index is 443. The molecule has 1 aromatic rings. The maximum atomic E-state index is 13.6. The molecule has 18 heavy (non-hydrogen) atoms. The summed E-state index contributed by atoms with van der Waals surface area (Å²) in [5, 5.41) is 2.77. The quantitative estimate of drug-likeness (QED) is 0.899. The van der Waals surface area contributed by atoms with Crippen LogP contribution in [0.25, 0.3) is 0 Å². The summed E-state index contributed by atoms with van der Waals surface area (Å²) in [5.41, 5.74) is 5.87. The van der Waals surface area contributed by atoms with Gasteiger partial charge in [0, 0.05) is 10.0 Å². The predicted octanol–water partition coefficient (Wildman–Crippen LogP) is 2.37. The molecular weight excluding hydrogens is 299 g/mol. The largest absolute Gasteiger partial charge is 0.350 e. The second-order valence-electron chi connectivity index (χ2n) is 5.29. The zero-order valence-corrected chi connectivity index (χ0v) is 12.3. The van der Waals surface area contributed by atoms with Gasteiger partial charge in [-0.1, -0.05) is 22.0 Å². The molecule has 1 atom stereocenters. The Kier molecular flexibility index (Phi) is 4.87. The van der Waals surface area contributed by atoms with Gasteiger partial charge in [-0.2, -0.15) is 0 Å². The van der Waals surface area contributed by atoms with E-state index in [9.17, 15) is 9.18 Å². The average molecular weight is 317 g/mol. The van der Waals surface area contributed by atoms with Gasteiger partial charge >= 0.3 is 0 Å². The third-order valence-electron chi connectivity index (χ3n) is 2.29. The molecule has 3 N–H and O–H groups in total. The fourth-order valence-electron chi connectivity index (χ4n) is 1.48. The van der Waals surface area contributed by atoms with Gasteiger partial charge in [-0.15, -0.1) is 0 Å². The van der Waals surface area contributed by atoms with Crippen molar-refractivity contribution >= 4 is 21.8 Å². The fourth-order valence-corrected chi connectivity index (χ4v) is 1.81. The maximum absolute atomic E-state index is 13.6. The van der Waals surface area contributed by atoms with Gasteiger partial charge in [0.05, 0.1) is 6.04 Å². The minimum absolute atomic E-state index is 0.182. The third-order valence-corrected chi connectivity index (χ3v) is 2.78. The lowest BCUT2D eigenvalue weighted by atomic mass is 10.0. The summed E-state index contributed by atoms with van der Waals surface area (Å²) in [4.78, 5) is 11.8. The summed E-state index contributed by atoms with van der Waals surface area (Å²) in [6.07, 6.45) is 0.182. The van der Waals surface area contributed by atoms with Crippen molar-refractivity contribution in [3.8, 4) is 0 Å². The van der Waals surface area contributed by atoms with E-state index < -0.39 is 6.04 Å². The third kappa shape index (κ3) is 4.74. The van der Waals surface area contributed by atoms with Crippen LogP contribution in [0.15, 0.2) is 22.7 Å². The number of nitrogens with one attached hydrogen (secondary N) is 1. The number of benzene rings is 1. The van der Waals surface area contributed by atoms with E-state index >= 15 is 0 Å². The van der Waals surface area contributed by atoms with Gasteiger partial charge in [-0.3, -0.25) is 4.79 Å². The summed E-state index contributed by atoms with van der Waals surface area (Å²) in [5.74, 6) is -0.631. The molecule has 0 heterocycles. The molecule has 5 heteroatoms. The lowest BCUT2D eigenvalue weighted by molar-refractivity contribution is -0.123. The molecular formula is C13H18BrFN2O. The Morgan fingerprint density at radius 2 is 2.11 bits per heavy atom. The van der Waals surface area contributed by atoms with Crippen LogP contribution in [0.4, 0.5) is 4.39 Å². The van der Waals surface area contributed by atoms with Crippen molar-refractivity contribution < 1.29 is 9.18 Å². The minimum Gasteiger partial charge on any atom is -0.350 e. The normalized spacial score (nSPS) is 13.2. The standard InChI is InChI=1S/C13H18BrFN2O/c1-13(2,3)17-12(18)11(16)6-8-4-5-9(14)7-10(8)15/h4-5,7,11H,6,16H2,1-3H3,(H,17,18)/t11-/m0/s1. The fraction of sp³-hybridized carbons (Fsp3) is 0.462. The highest BCUT2D eigenvalue weighted by Gasteiger charge is 2.20. The SMILES string of the molecule is CC(C)(C)NC(=O)[C@@H](N)Cc1ccc(Br)cc1F. The Labute approximate surface area is 115 Å². The van der Waals surface area contributed by atoms with Gasteiger partial charge in [-0.05, 0) is 44.9 Å². The molecule has 0 spiro atoms. The summed E-state index contributed by atoms with van der Waals surface area (Å²) in [6.45, 7) is 5.62. The molecule has 0 saturated heterocycles. The number of hydrogen-bond acceptors (Lipinski definition) is 2. The minimum atomic E-state index is -0.750. The number of halogens is 2. The lowest BCUT2D eigenvalue weighted by Crippen LogP contribution is -2.49. The number of carbonyl (C=O) groups is 1. The highest BCUT2D eigenvalue weighted by molar-refractivity contribution is 9.10. The summed E-state index contributed by atoms with van der Waals surface area (Å²) >= 11 is 3.18. The summed E-state index contributed by atoms with van der Waals surface area (Å²) in [7, 11) is 0. The van der Waals surface area contributed by atoms with E-state index in [0.29, 0.717) is 10.0 Å². The summed E-state index contributed by atoms with van der Waals surface area (Å²) < 4.78 is 14.3. The lowest BCUT2D eigenvalue weighted by Gasteiger charge is -2.23. The molecule has 3 nitrogen and oxygen atoms in total. The van der Waals surface area contributed by atoms with Gasteiger partial charge in [0.15, 0.2) is 0 Å². The number of rotatable bonds is 3. The molecule has 0 aliphatic carbocycles. The van der Waals surface area contributed by atoms with Crippen molar-refractivity contribution in [3.05, 3.63) is 34.1 Å². The number of carbonyl (C=O) groups excluding carboxylic acids is 1. The van der Waals surface area contributed by atoms with E-state index in [4.69, 9.17) is 5.73 Å². The van der Waals surface area contributed by atoms with E-state index in [-0.39, 0.29) is 23.7 Å². The molecule has 0 aliphatic heterocycles. The predicted molar refractivity (Wildman–Crippen MR) is 73.7 cm³/mol. The van der Waals surface area contributed by atoms with Crippen molar-refractivity contribution in [2.45, 2.75) is 38.8 Å². The molecule has 0 fully saturated rings. The van der Waals surface area contributed by atoms with Crippen LogP contribution in [0.2, 0.25) is 0 Å². The zero-order chi connectivity index (χ0) is 13.9. The van der Waals surface area contributed by atoms with Crippen molar-refractivity contribution in [1.29, 1.82) is 0 Å². The molecule has 0 bridgehead atoms. The van der Waals surface area contributed by atoms with E-state index in [2.05, 4.69) is 21.2 Å². The first-order chi connectivity index (χ1) is 8.19. The highest BCUT2D eigenvalue weighted by atomic mass is 79.9. The molecule has 1 rings (SSSR count). The van der Waals surface area contributed by atoms with Gasteiger partial charge in [-0.25, -0.2) is 4.39 Å². The topological polar surface area (TPSA) is 55.1 Å². The second-order valence-corrected chi connectivity index (χ2v) is 6.20. The van der Waals surface area contributed by atoms with E-state index in [0.717, 1.165) is 0 Å². The van der Waals surface area contributed by atoms with Crippen LogP contribution in [0.1, 0.15) is 26.3 Å². The van der Waals surface area contributed by atoms with Crippen LogP contribution in [0, 0.1) is 5.82 Å². The zero-order valence-electron chi connectivity index (χ0n) is 10.8. The Balaban J connectivity index is 2.69. The first kappa shape index (κ1) is 15.1. The Morgan fingerprint density at radius 3 is 2.61 bits per heavy atom. The van der Waals surface area contributed by atoms with Crippen LogP contribution in [0.3, 0.4) is 0 Å². The van der Waals surface area contributed by atoms with Crippen LogP contribution < -0.4 is 11.1 Å². The van der Waals surface area contributed by atoms with E-state index in [1.54, 1.807) is 12.1 Å². The van der Waals surface area contributed by atoms with Crippen molar-refractivity contribution in [1.82, 2.24) is 5.32 Å². The molecule has 0 aromatic heterocycles. The van der Waals surface area contributed by atoms with Gasteiger partial charge in [0.25, 0.3) is 0 Å². The van der Waals surface area contributed by atoms with Crippen LogP contribution in [-0.2, 0) is 11.2 Å². The van der Waals surface area contributed by atoms with Crippen molar-refractivity contribution in [2.75, 3.05) is 0 Å². The number of nitrogens with two attached hydrogens (primary N) is 1. The number of hydrogen-bond donors (Lipinski definition) is 2. The van der Waals surface area contributed by atoms with Gasteiger partial charge < -0.3 is 11.1 Å². The summed E-state index contributed by atoms with van der Waals surface area (Å²) in [6, 6.07) is 3.97. The first-order valence-electron chi connectivity index (χ1n) is 5.70. The Hall–Kier alpha value is -0.940.